The highest BCUT2D eigenvalue weighted by atomic mass is 79.9. The molecule has 0 radical (unpaired) electrons. The fourth-order valence-electron chi connectivity index (χ4n) is 2.50. The third kappa shape index (κ3) is 4.31. The lowest BCUT2D eigenvalue weighted by molar-refractivity contribution is 0.102. The fourth-order valence-corrected chi connectivity index (χ4v) is 4.45. The molecule has 0 fully saturated rings. The zero-order valence-corrected chi connectivity index (χ0v) is 17.1. The van der Waals surface area contributed by atoms with Crippen molar-refractivity contribution in [3.8, 4) is 0 Å². The number of sulfonamides is 1. The van der Waals surface area contributed by atoms with Crippen molar-refractivity contribution in [3.05, 3.63) is 57.8 Å². The molecule has 0 spiro atoms. The number of carbonyl (C=O) groups excluding carboxylic acids is 1. The Morgan fingerprint density at radius 3 is 2.38 bits per heavy atom. The molecule has 1 N–H and O–H groups in total. The monoisotopic (exact) mass is 442 g/mol. The Hall–Kier alpha value is -1.77. The molecule has 0 unspecified atom stereocenters. The van der Waals surface area contributed by atoms with Crippen LogP contribution in [0.3, 0.4) is 0 Å². The molecule has 8 heteroatoms. The second-order valence-corrected chi connectivity index (χ2v) is 8.41. The number of nitrogens with zero attached hydrogens (tertiary/aromatic N) is 1. The highest BCUT2D eigenvalue weighted by Crippen LogP contribution is 2.24. The highest BCUT2D eigenvalue weighted by Gasteiger charge is 2.24. The summed E-state index contributed by atoms with van der Waals surface area (Å²) in [7, 11) is -3.65. The number of hydrogen-bond acceptors (Lipinski definition) is 3. The van der Waals surface area contributed by atoms with Gasteiger partial charge in [0, 0.05) is 24.3 Å². The second kappa shape index (κ2) is 8.28. The molecule has 0 aliphatic rings. The maximum Gasteiger partial charge on any atom is 0.255 e. The molecule has 0 aromatic heterocycles. The molecule has 2 aromatic carbocycles. The Bertz CT molecular complexity index is 928. The summed E-state index contributed by atoms with van der Waals surface area (Å²) in [5, 5.41) is 2.62. The first kappa shape index (κ1) is 20.5. The molecule has 0 bridgehead atoms. The molecular formula is C18H20BrFN2O3S. The Kier molecular flexibility index (Phi) is 6.54. The quantitative estimate of drug-likeness (QED) is 0.729. The van der Waals surface area contributed by atoms with E-state index in [0.29, 0.717) is 24.3 Å². The summed E-state index contributed by atoms with van der Waals surface area (Å²) in [4.78, 5) is 12.5. The molecule has 0 aliphatic carbocycles. The predicted octanol–water partition coefficient (Wildman–Crippen LogP) is 4.18. The molecule has 2 aromatic rings. The summed E-state index contributed by atoms with van der Waals surface area (Å²) in [5.41, 5.74) is 1.05. The van der Waals surface area contributed by atoms with Gasteiger partial charge >= 0.3 is 0 Å². The van der Waals surface area contributed by atoms with Crippen molar-refractivity contribution in [2.24, 2.45) is 0 Å². The molecule has 140 valence electrons. The number of benzene rings is 2. The van der Waals surface area contributed by atoms with Crippen molar-refractivity contribution in [3.63, 3.8) is 0 Å². The van der Waals surface area contributed by atoms with Gasteiger partial charge in [0.05, 0.1) is 9.37 Å². The number of nitrogens with one attached hydrogen (secondary N) is 1. The minimum absolute atomic E-state index is 0.138. The van der Waals surface area contributed by atoms with Gasteiger partial charge in [0.1, 0.15) is 5.82 Å². The number of amides is 1. The van der Waals surface area contributed by atoms with E-state index in [0.717, 1.165) is 6.07 Å². The van der Waals surface area contributed by atoms with Crippen molar-refractivity contribution in [1.82, 2.24) is 4.31 Å². The van der Waals surface area contributed by atoms with Crippen LogP contribution in [-0.4, -0.2) is 31.7 Å². The van der Waals surface area contributed by atoms with E-state index in [1.165, 1.54) is 22.5 Å². The lowest BCUT2D eigenvalue weighted by atomic mass is 10.2. The van der Waals surface area contributed by atoms with Gasteiger partial charge in [-0.3, -0.25) is 4.79 Å². The smallest absolute Gasteiger partial charge is 0.255 e. The van der Waals surface area contributed by atoms with Crippen molar-refractivity contribution < 1.29 is 17.6 Å². The van der Waals surface area contributed by atoms with Gasteiger partial charge in [-0.2, -0.15) is 4.31 Å². The van der Waals surface area contributed by atoms with Gasteiger partial charge in [-0.05, 0) is 58.7 Å². The van der Waals surface area contributed by atoms with Crippen LogP contribution in [0.25, 0.3) is 0 Å². The summed E-state index contributed by atoms with van der Waals surface area (Å²) < 4.78 is 40.7. The topological polar surface area (TPSA) is 66.5 Å². The summed E-state index contributed by atoms with van der Waals surface area (Å²) in [6, 6.07) is 8.70. The average molecular weight is 443 g/mol. The van der Waals surface area contributed by atoms with Crippen LogP contribution < -0.4 is 5.32 Å². The summed E-state index contributed by atoms with van der Waals surface area (Å²) in [5.74, 6) is -1.07. The number of halogens is 2. The standard InChI is InChI=1S/C18H20BrFN2O3S/c1-4-22(5-2)26(24,25)17-11-14(8-6-12(17)3)21-18(23)13-7-9-15(19)16(20)10-13/h6-11H,4-5H2,1-3H3,(H,21,23). The molecule has 26 heavy (non-hydrogen) atoms. The minimum atomic E-state index is -3.65. The van der Waals surface area contributed by atoms with Crippen LogP contribution in [0.2, 0.25) is 0 Å². The van der Waals surface area contributed by atoms with Crippen LogP contribution in [0.15, 0.2) is 45.8 Å². The molecule has 0 atom stereocenters. The number of carbonyl (C=O) groups is 1. The van der Waals surface area contributed by atoms with Crippen molar-refractivity contribution in [2.75, 3.05) is 18.4 Å². The zero-order valence-electron chi connectivity index (χ0n) is 14.7. The zero-order chi connectivity index (χ0) is 19.5. The molecular weight excluding hydrogens is 423 g/mol. The number of rotatable bonds is 6. The number of aryl methyl sites for hydroxylation is 1. The van der Waals surface area contributed by atoms with Gasteiger partial charge in [-0.1, -0.05) is 19.9 Å². The predicted molar refractivity (Wildman–Crippen MR) is 103 cm³/mol. The number of anilines is 1. The van der Waals surface area contributed by atoms with Crippen LogP contribution in [0, 0.1) is 12.7 Å². The van der Waals surface area contributed by atoms with Crippen LogP contribution in [-0.2, 0) is 10.0 Å². The first-order valence-corrected chi connectivity index (χ1v) is 10.3. The fraction of sp³-hybridized carbons (Fsp3) is 0.278. The molecule has 1 amide bonds. The second-order valence-electron chi connectivity index (χ2n) is 5.65. The minimum Gasteiger partial charge on any atom is -0.322 e. The van der Waals surface area contributed by atoms with E-state index < -0.39 is 21.7 Å². The summed E-state index contributed by atoms with van der Waals surface area (Å²) in [6.07, 6.45) is 0. The molecule has 0 aliphatic heterocycles. The SMILES string of the molecule is CCN(CC)S(=O)(=O)c1cc(NC(=O)c2ccc(Br)c(F)c2)ccc1C. The van der Waals surface area contributed by atoms with Gasteiger partial charge in [-0.15, -0.1) is 0 Å². The van der Waals surface area contributed by atoms with Gasteiger partial charge in [0.2, 0.25) is 10.0 Å². The molecule has 0 saturated heterocycles. The highest BCUT2D eigenvalue weighted by molar-refractivity contribution is 9.10. The first-order valence-electron chi connectivity index (χ1n) is 8.07. The van der Waals surface area contributed by atoms with Crippen molar-refractivity contribution in [1.29, 1.82) is 0 Å². The normalized spacial score (nSPS) is 11.6. The number of hydrogen-bond donors (Lipinski definition) is 1. The largest absolute Gasteiger partial charge is 0.322 e. The van der Waals surface area contributed by atoms with Crippen LogP contribution >= 0.6 is 15.9 Å². The van der Waals surface area contributed by atoms with Gasteiger partial charge in [0.25, 0.3) is 5.91 Å². The third-order valence-corrected chi connectivity index (χ3v) is 6.79. The van der Waals surface area contributed by atoms with Crippen LogP contribution in [0.4, 0.5) is 10.1 Å². The maximum atomic E-state index is 13.6. The van der Waals surface area contributed by atoms with E-state index in [2.05, 4.69) is 21.2 Å². The van der Waals surface area contributed by atoms with E-state index in [9.17, 15) is 17.6 Å². The average Bonchev–Trinajstić information content (AvgIpc) is 2.59. The van der Waals surface area contributed by atoms with E-state index in [-0.39, 0.29) is 14.9 Å². The van der Waals surface area contributed by atoms with Crippen LogP contribution in [0.5, 0.6) is 0 Å². The van der Waals surface area contributed by atoms with E-state index in [4.69, 9.17) is 0 Å². The van der Waals surface area contributed by atoms with Gasteiger partial charge < -0.3 is 5.32 Å². The Labute approximate surface area is 161 Å². The van der Waals surface area contributed by atoms with E-state index >= 15 is 0 Å². The van der Waals surface area contributed by atoms with Gasteiger partial charge in [-0.25, -0.2) is 12.8 Å². The Morgan fingerprint density at radius 1 is 1.15 bits per heavy atom. The summed E-state index contributed by atoms with van der Waals surface area (Å²) >= 11 is 3.03. The third-order valence-electron chi connectivity index (χ3n) is 3.95. The van der Waals surface area contributed by atoms with E-state index in [1.54, 1.807) is 32.9 Å². The first-order chi connectivity index (χ1) is 12.2. The Morgan fingerprint density at radius 2 is 1.81 bits per heavy atom. The summed E-state index contributed by atoms with van der Waals surface area (Å²) in [6.45, 7) is 5.94. The molecule has 5 nitrogen and oxygen atoms in total. The van der Waals surface area contributed by atoms with Crippen molar-refractivity contribution in [2.45, 2.75) is 25.7 Å². The van der Waals surface area contributed by atoms with Crippen molar-refractivity contribution >= 4 is 37.5 Å². The van der Waals surface area contributed by atoms with Gasteiger partial charge in [0.15, 0.2) is 0 Å². The lowest BCUT2D eigenvalue weighted by Crippen LogP contribution is -2.31. The maximum absolute atomic E-state index is 13.6. The molecule has 0 heterocycles. The van der Waals surface area contributed by atoms with E-state index in [1.807, 2.05) is 0 Å². The molecule has 0 saturated carbocycles. The Balaban J connectivity index is 2.35. The molecule has 2 rings (SSSR count). The lowest BCUT2D eigenvalue weighted by Gasteiger charge is -2.20. The van der Waals surface area contributed by atoms with Crippen LogP contribution in [0.1, 0.15) is 29.8 Å².